The Balaban J connectivity index is 2.53. The second kappa shape index (κ2) is 5.61. The lowest BCUT2D eigenvalue weighted by atomic mass is 9.98. The van der Waals surface area contributed by atoms with Crippen LogP contribution >= 0.6 is 0 Å². The third kappa shape index (κ3) is 3.44. The number of ether oxygens (including phenoxy) is 1. The zero-order valence-electron chi connectivity index (χ0n) is 9.18. The molecule has 0 bridgehead atoms. The van der Waals surface area contributed by atoms with Gasteiger partial charge in [-0.1, -0.05) is 26.0 Å². The van der Waals surface area contributed by atoms with Crippen LogP contribution < -0.4 is 4.74 Å². The molecule has 1 unspecified atom stereocenters. The number of aliphatic hydroxyl groups is 1. The number of aromatic hydroxyl groups is 1. The average Bonchev–Trinajstić information content (AvgIpc) is 2.21. The van der Waals surface area contributed by atoms with Crippen LogP contribution in [0.5, 0.6) is 11.5 Å². The molecule has 15 heavy (non-hydrogen) atoms. The second-order valence-corrected chi connectivity index (χ2v) is 3.97. The number of rotatable bonds is 5. The summed E-state index contributed by atoms with van der Waals surface area (Å²) >= 11 is 0. The maximum Gasteiger partial charge on any atom is 0.160 e. The van der Waals surface area contributed by atoms with Gasteiger partial charge >= 0.3 is 0 Å². The fraction of sp³-hybridized carbons (Fsp3) is 0.500. The van der Waals surface area contributed by atoms with E-state index in [1.165, 1.54) is 0 Å². The minimum absolute atomic E-state index is 0.101. The van der Waals surface area contributed by atoms with Gasteiger partial charge in [0.15, 0.2) is 11.5 Å². The Morgan fingerprint density at radius 2 is 1.93 bits per heavy atom. The molecule has 3 heteroatoms. The van der Waals surface area contributed by atoms with Gasteiger partial charge in [-0.15, -0.1) is 0 Å². The van der Waals surface area contributed by atoms with Crippen molar-refractivity contribution in [2.24, 2.45) is 11.8 Å². The largest absolute Gasteiger partial charge is 0.504 e. The van der Waals surface area contributed by atoms with E-state index in [9.17, 15) is 5.11 Å². The number of hydrogen-bond acceptors (Lipinski definition) is 3. The molecule has 0 heterocycles. The number of phenols is 1. The predicted octanol–water partition coefficient (Wildman–Crippen LogP) is 2.04. The summed E-state index contributed by atoms with van der Waals surface area (Å²) in [6.07, 6.45) is 0. The molecule has 0 spiro atoms. The molecule has 0 saturated heterocycles. The molecule has 0 radical (unpaired) electrons. The molecule has 0 fully saturated rings. The van der Waals surface area contributed by atoms with Crippen molar-refractivity contribution in [3.05, 3.63) is 24.3 Å². The quantitative estimate of drug-likeness (QED) is 0.781. The third-order valence-corrected chi connectivity index (χ3v) is 2.50. The molecular weight excluding hydrogens is 192 g/mol. The van der Waals surface area contributed by atoms with Crippen molar-refractivity contribution in [3.63, 3.8) is 0 Å². The van der Waals surface area contributed by atoms with Crippen molar-refractivity contribution >= 4 is 0 Å². The topological polar surface area (TPSA) is 49.7 Å². The molecule has 3 nitrogen and oxygen atoms in total. The van der Waals surface area contributed by atoms with E-state index >= 15 is 0 Å². The molecule has 84 valence electrons. The lowest BCUT2D eigenvalue weighted by molar-refractivity contribution is 0.128. The minimum atomic E-state index is 0.101. The van der Waals surface area contributed by atoms with Crippen molar-refractivity contribution in [1.29, 1.82) is 0 Å². The highest BCUT2D eigenvalue weighted by Crippen LogP contribution is 2.25. The number of aliphatic hydroxyl groups excluding tert-OH is 1. The van der Waals surface area contributed by atoms with E-state index in [0.717, 1.165) is 0 Å². The summed E-state index contributed by atoms with van der Waals surface area (Å²) in [5, 5.41) is 18.5. The van der Waals surface area contributed by atoms with Gasteiger partial charge in [-0.2, -0.15) is 0 Å². The molecule has 0 saturated carbocycles. The van der Waals surface area contributed by atoms with Gasteiger partial charge in [0, 0.05) is 12.5 Å². The summed E-state index contributed by atoms with van der Waals surface area (Å²) in [5.74, 6) is 1.07. The maximum atomic E-state index is 9.45. The second-order valence-electron chi connectivity index (χ2n) is 3.97. The molecule has 0 aromatic heterocycles. The number of phenolic OH excluding ortho intramolecular Hbond substituents is 1. The van der Waals surface area contributed by atoms with E-state index in [1.807, 2.05) is 13.8 Å². The summed E-state index contributed by atoms with van der Waals surface area (Å²) in [5.41, 5.74) is 0. The predicted molar refractivity (Wildman–Crippen MR) is 59.0 cm³/mol. The van der Waals surface area contributed by atoms with Crippen LogP contribution in [-0.2, 0) is 0 Å². The molecule has 1 atom stereocenters. The Morgan fingerprint density at radius 1 is 1.27 bits per heavy atom. The smallest absolute Gasteiger partial charge is 0.160 e. The summed E-state index contributed by atoms with van der Waals surface area (Å²) in [7, 11) is 0. The molecular formula is C12H18O3. The van der Waals surface area contributed by atoms with Gasteiger partial charge in [0.2, 0.25) is 0 Å². The molecule has 0 aliphatic rings. The summed E-state index contributed by atoms with van der Waals surface area (Å²) in [6, 6.07) is 6.84. The lowest BCUT2D eigenvalue weighted by Crippen LogP contribution is -2.21. The summed E-state index contributed by atoms with van der Waals surface area (Å²) in [6.45, 7) is 4.60. The Kier molecular flexibility index (Phi) is 4.43. The number of benzene rings is 1. The van der Waals surface area contributed by atoms with Gasteiger partial charge < -0.3 is 14.9 Å². The first-order valence-corrected chi connectivity index (χ1v) is 5.16. The number of para-hydroxylation sites is 2. The maximum absolute atomic E-state index is 9.45. The zero-order chi connectivity index (χ0) is 11.3. The zero-order valence-corrected chi connectivity index (χ0v) is 9.18. The van der Waals surface area contributed by atoms with E-state index in [2.05, 4.69) is 0 Å². The SMILES string of the molecule is CC(C)C(CO)COc1ccccc1O. The van der Waals surface area contributed by atoms with Gasteiger partial charge in [-0.25, -0.2) is 0 Å². The standard InChI is InChI=1S/C12H18O3/c1-9(2)10(7-13)8-15-12-6-4-3-5-11(12)14/h3-6,9-10,13-14H,7-8H2,1-2H3. The monoisotopic (exact) mass is 210 g/mol. The normalized spacial score (nSPS) is 12.8. The highest BCUT2D eigenvalue weighted by molar-refractivity contribution is 5.37. The molecule has 0 aliphatic carbocycles. The minimum Gasteiger partial charge on any atom is -0.504 e. The molecule has 0 amide bonds. The van der Waals surface area contributed by atoms with Crippen molar-refractivity contribution in [2.45, 2.75) is 13.8 Å². The Hall–Kier alpha value is -1.22. The molecule has 1 aromatic rings. The van der Waals surface area contributed by atoms with E-state index in [-0.39, 0.29) is 18.3 Å². The van der Waals surface area contributed by atoms with Crippen LogP contribution in [-0.4, -0.2) is 23.4 Å². The highest BCUT2D eigenvalue weighted by atomic mass is 16.5. The first kappa shape index (κ1) is 11.9. The fourth-order valence-electron chi connectivity index (χ4n) is 1.23. The summed E-state index contributed by atoms with van der Waals surface area (Å²) < 4.78 is 5.44. The van der Waals surface area contributed by atoms with E-state index in [0.29, 0.717) is 18.3 Å². The van der Waals surface area contributed by atoms with Gasteiger partial charge in [-0.3, -0.25) is 0 Å². The van der Waals surface area contributed by atoms with Crippen LogP contribution in [0.3, 0.4) is 0 Å². The first-order chi connectivity index (χ1) is 7.15. The number of hydrogen-bond donors (Lipinski definition) is 2. The van der Waals surface area contributed by atoms with Crippen molar-refractivity contribution in [2.75, 3.05) is 13.2 Å². The molecule has 1 aromatic carbocycles. The fourth-order valence-corrected chi connectivity index (χ4v) is 1.23. The van der Waals surface area contributed by atoms with Crippen molar-refractivity contribution in [1.82, 2.24) is 0 Å². The third-order valence-electron chi connectivity index (χ3n) is 2.50. The lowest BCUT2D eigenvalue weighted by Gasteiger charge is -2.18. The summed E-state index contributed by atoms with van der Waals surface area (Å²) in [4.78, 5) is 0. The van der Waals surface area contributed by atoms with E-state index in [4.69, 9.17) is 9.84 Å². The van der Waals surface area contributed by atoms with Crippen LogP contribution in [0, 0.1) is 11.8 Å². The van der Waals surface area contributed by atoms with Crippen LogP contribution in [0.25, 0.3) is 0 Å². The van der Waals surface area contributed by atoms with Crippen molar-refractivity contribution in [3.8, 4) is 11.5 Å². The molecule has 2 N–H and O–H groups in total. The van der Waals surface area contributed by atoms with Gasteiger partial charge in [0.25, 0.3) is 0 Å². The Bertz CT molecular complexity index is 297. The average molecular weight is 210 g/mol. The van der Waals surface area contributed by atoms with E-state index < -0.39 is 0 Å². The van der Waals surface area contributed by atoms with Crippen LogP contribution in [0.15, 0.2) is 24.3 Å². The van der Waals surface area contributed by atoms with Gasteiger partial charge in [0.05, 0.1) is 6.61 Å². The van der Waals surface area contributed by atoms with E-state index in [1.54, 1.807) is 24.3 Å². The Morgan fingerprint density at radius 3 is 2.47 bits per heavy atom. The van der Waals surface area contributed by atoms with Crippen LogP contribution in [0.2, 0.25) is 0 Å². The van der Waals surface area contributed by atoms with Crippen LogP contribution in [0.1, 0.15) is 13.8 Å². The van der Waals surface area contributed by atoms with Crippen molar-refractivity contribution < 1.29 is 14.9 Å². The molecule has 1 rings (SSSR count). The molecule has 0 aliphatic heterocycles. The van der Waals surface area contributed by atoms with Gasteiger partial charge in [-0.05, 0) is 18.1 Å². The Labute approximate surface area is 90.3 Å². The first-order valence-electron chi connectivity index (χ1n) is 5.16. The van der Waals surface area contributed by atoms with Crippen LogP contribution in [0.4, 0.5) is 0 Å². The van der Waals surface area contributed by atoms with Gasteiger partial charge in [0.1, 0.15) is 0 Å². The highest BCUT2D eigenvalue weighted by Gasteiger charge is 2.13.